The van der Waals surface area contributed by atoms with Crippen LogP contribution in [0.25, 0.3) is 0 Å². The molecule has 0 fully saturated rings. The van der Waals surface area contributed by atoms with Crippen molar-refractivity contribution < 1.29 is 14.3 Å². The van der Waals surface area contributed by atoms with Crippen molar-refractivity contribution in [1.29, 1.82) is 0 Å². The molecule has 5 nitrogen and oxygen atoms in total. The molecule has 1 atom stereocenters. The maximum Gasteiger partial charge on any atom is 0.257 e. The molecule has 0 saturated carbocycles. The van der Waals surface area contributed by atoms with Crippen LogP contribution in [0, 0.1) is 0 Å². The molecule has 2 rings (SSSR count). The molecule has 1 unspecified atom stereocenters. The molecule has 2 aromatic rings. The zero-order valence-electron chi connectivity index (χ0n) is 14.5. The number of thiocarbonyl (C=S) groups is 1. The fourth-order valence-corrected chi connectivity index (χ4v) is 2.28. The van der Waals surface area contributed by atoms with E-state index in [9.17, 15) is 4.79 Å². The summed E-state index contributed by atoms with van der Waals surface area (Å²) in [7, 11) is 1.57. The van der Waals surface area contributed by atoms with Gasteiger partial charge in [-0.25, -0.2) is 0 Å². The lowest BCUT2D eigenvalue weighted by Gasteiger charge is -2.14. The van der Waals surface area contributed by atoms with Crippen molar-refractivity contribution in [3.8, 4) is 11.5 Å². The number of rotatable bonds is 6. The molecular formula is C19H22N2O3S. The fourth-order valence-electron chi connectivity index (χ4n) is 2.08. The molecule has 2 aromatic carbocycles. The largest absolute Gasteiger partial charge is 0.495 e. The number of carbonyl (C=O) groups excluding carboxylic acids is 1. The number of carbonyl (C=O) groups is 1. The van der Waals surface area contributed by atoms with Crippen LogP contribution in [0.15, 0.2) is 48.5 Å². The molecule has 132 valence electrons. The summed E-state index contributed by atoms with van der Waals surface area (Å²) in [4.78, 5) is 12.3. The third-order valence-corrected chi connectivity index (χ3v) is 3.82. The van der Waals surface area contributed by atoms with Crippen molar-refractivity contribution in [3.05, 3.63) is 54.1 Å². The van der Waals surface area contributed by atoms with Crippen molar-refractivity contribution in [1.82, 2.24) is 5.32 Å². The number of hydrogen-bond acceptors (Lipinski definition) is 4. The smallest absolute Gasteiger partial charge is 0.257 e. The summed E-state index contributed by atoms with van der Waals surface area (Å²) in [5.74, 6) is 1.09. The number of para-hydroxylation sites is 2. The maximum absolute atomic E-state index is 12.3. The Morgan fingerprint density at radius 1 is 1.16 bits per heavy atom. The molecule has 0 aliphatic rings. The third-order valence-electron chi connectivity index (χ3n) is 3.61. The predicted molar refractivity (Wildman–Crippen MR) is 104 cm³/mol. The quantitative estimate of drug-likeness (QED) is 0.765. The maximum atomic E-state index is 12.3. The highest BCUT2D eigenvalue weighted by atomic mass is 32.1. The van der Waals surface area contributed by atoms with Crippen LogP contribution in [-0.2, 0) is 0 Å². The van der Waals surface area contributed by atoms with Gasteiger partial charge in [0.15, 0.2) is 5.11 Å². The van der Waals surface area contributed by atoms with Crippen LogP contribution in [0.1, 0.15) is 30.6 Å². The van der Waals surface area contributed by atoms with Gasteiger partial charge in [0, 0.05) is 5.56 Å². The first kappa shape index (κ1) is 18.7. The van der Waals surface area contributed by atoms with Crippen LogP contribution >= 0.6 is 12.2 Å². The zero-order chi connectivity index (χ0) is 18.2. The van der Waals surface area contributed by atoms with Crippen LogP contribution in [0.2, 0.25) is 0 Å². The summed E-state index contributed by atoms with van der Waals surface area (Å²) in [5, 5.41) is 5.81. The van der Waals surface area contributed by atoms with Crippen LogP contribution in [0.3, 0.4) is 0 Å². The van der Waals surface area contributed by atoms with Gasteiger partial charge in [-0.1, -0.05) is 19.1 Å². The van der Waals surface area contributed by atoms with E-state index in [1.54, 1.807) is 31.4 Å². The minimum Gasteiger partial charge on any atom is -0.495 e. The summed E-state index contributed by atoms with van der Waals surface area (Å²) in [5.41, 5.74) is 1.19. The molecule has 1 amide bonds. The normalized spacial score (nSPS) is 11.3. The summed E-state index contributed by atoms with van der Waals surface area (Å²) >= 11 is 5.20. The van der Waals surface area contributed by atoms with E-state index < -0.39 is 0 Å². The van der Waals surface area contributed by atoms with Gasteiger partial charge in [-0.3, -0.25) is 10.1 Å². The van der Waals surface area contributed by atoms with Gasteiger partial charge in [0.25, 0.3) is 5.91 Å². The molecule has 0 heterocycles. The van der Waals surface area contributed by atoms with Crippen molar-refractivity contribution in [2.45, 2.75) is 26.4 Å². The fraction of sp³-hybridized carbons (Fsp3) is 0.263. The molecule has 0 aliphatic carbocycles. The number of nitrogens with one attached hydrogen (secondary N) is 2. The molecule has 0 aromatic heterocycles. The van der Waals surface area contributed by atoms with Gasteiger partial charge in [0.2, 0.25) is 0 Å². The number of benzene rings is 2. The number of anilines is 1. The van der Waals surface area contributed by atoms with Gasteiger partial charge in [0.1, 0.15) is 11.5 Å². The van der Waals surface area contributed by atoms with E-state index in [1.165, 1.54) is 0 Å². The van der Waals surface area contributed by atoms with Gasteiger partial charge in [0.05, 0.1) is 18.9 Å². The van der Waals surface area contributed by atoms with Crippen LogP contribution in [0.4, 0.5) is 5.69 Å². The first-order valence-corrected chi connectivity index (χ1v) is 8.46. The summed E-state index contributed by atoms with van der Waals surface area (Å²) in [6.45, 7) is 4.06. The van der Waals surface area contributed by atoms with Gasteiger partial charge >= 0.3 is 0 Å². The predicted octanol–water partition coefficient (Wildman–Crippen LogP) is 4.00. The minimum absolute atomic E-state index is 0.136. The van der Waals surface area contributed by atoms with E-state index in [1.807, 2.05) is 31.2 Å². The molecular weight excluding hydrogens is 336 g/mol. The van der Waals surface area contributed by atoms with Gasteiger partial charge in [-0.05, 0) is 62.0 Å². The highest BCUT2D eigenvalue weighted by molar-refractivity contribution is 7.80. The Labute approximate surface area is 153 Å². The average Bonchev–Trinajstić information content (AvgIpc) is 2.62. The number of hydrogen-bond donors (Lipinski definition) is 2. The lowest BCUT2D eigenvalue weighted by Crippen LogP contribution is -2.34. The Hall–Kier alpha value is -2.60. The van der Waals surface area contributed by atoms with E-state index in [4.69, 9.17) is 21.7 Å². The Bertz CT molecular complexity index is 732. The molecule has 0 spiro atoms. The first-order valence-electron chi connectivity index (χ1n) is 8.05. The molecule has 2 N–H and O–H groups in total. The summed E-state index contributed by atoms with van der Waals surface area (Å²) in [6, 6.07) is 14.3. The summed E-state index contributed by atoms with van der Waals surface area (Å²) in [6.07, 6.45) is 1.06. The van der Waals surface area contributed by atoms with E-state index in [0.29, 0.717) is 17.0 Å². The van der Waals surface area contributed by atoms with Gasteiger partial charge in [-0.2, -0.15) is 0 Å². The second-order valence-electron chi connectivity index (χ2n) is 5.47. The molecule has 0 bridgehead atoms. The van der Waals surface area contributed by atoms with Crippen molar-refractivity contribution in [2.24, 2.45) is 0 Å². The second-order valence-corrected chi connectivity index (χ2v) is 5.88. The lowest BCUT2D eigenvalue weighted by molar-refractivity contribution is 0.0977. The van der Waals surface area contributed by atoms with Crippen molar-refractivity contribution in [2.75, 3.05) is 12.4 Å². The van der Waals surface area contributed by atoms with E-state index >= 15 is 0 Å². The molecule has 25 heavy (non-hydrogen) atoms. The Balaban J connectivity index is 1.95. The lowest BCUT2D eigenvalue weighted by atomic mass is 10.2. The Morgan fingerprint density at radius 2 is 1.84 bits per heavy atom. The highest BCUT2D eigenvalue weighted by Crippen LogP contribution is 2.22. The molecule has 0 aliphatic heterocycles. The van der Waals surface area contributed by atoms with Crippen LogP contribution in [-0.4, -0.2) is 24.2 Å². The zero-order valence-corrected chi connectivity index (χ0v) is 15.4. The second kappa shape index (κ2) is 9.03. The van der Waals surface area contributed by atoms with E-state index in [2.05, 4.69) is 17.6 Å². The number of ether oxygens (including phenoxy) is 2. The molecule has 6 heteroatoms. The SMILES string of the molecule is CCC(C)Oc1ccc(C(=O)NC(=S)Nc2ccccc2OC)cc1. The van der Waals surface area contributed by atoms with Crippen LogP contribution in [0.5, 0.6) is 11.5 Å². The Morgan fingerprint density at radius 3 is 2.48 bits per heavy atom. The molecule has 0 radical (unpaired) electrons. The minimum atomic E-state index is -0.289. The third kappa shape index (κ3) is 5.46. The van der Waals surface area contributed by atoms with Gasteiger partial charge in [-0.15, -0.1) is 0 Å². The molecule has 0 saturated heterocycles. The topological polar surface area (TPSA) is 59.6 Å². The van der Waals surface area contributed by atoms with Crippen molar-refractivity contribution >= 4 is 28.9 Å². The van der Waals surface area contributed by atoms with Crippen LogP contribution < -0.4 is 20.1 Å². The van der Waals surface area contributed by atoms with Gasteiger partial charge < -0.3 is 14.8 Å². The average molecular weight is 358 g/mol. The standard InChI is InChI=1S/C19H22N2O3S/c1-4-13(2)24-15-11-9-14(10-12-15)18(22)21-19(25)20-16-7-5-6-8-17(16)23-3/h5-13H,4H2,1-3H3,(H2,20,21,22,25). The monoisotopic (exact) mass is 358 g/mol. The van der Waals surface area contributed by atoms with E-state index in [0.717, 1.165) is 12.2 Å². The summed E-state index contributed by atoms with van der Waals surface area (Å²) < 4.78 is 10.9. The Kier molecular flexibility index (Phi) is 6.77. The highest BCUT2D eigenvalue weighted by Gasteiger charge is 2.10. The van der Waals surface area contributed by atoms with E-state index in [-0.39, 0.29) is 17.1 Å². The first-order chi connectivity index (χ1) is 12.0. The van der Waals surface area contributed by atoms with Crippen molar-refractivity contribution in [3.63, 3.8) is 0 Å². The number of methoxy groups -OCH3 is 1. The number of amides is 1.